The quantitative estimate of drug-likeness (QED) is 0.674. The third kappa shape index (κ3) is 3.85. The summed E-state index contributed by atoms with van der Waals surface area (Å²) in [4.78, 5) is 23.1. The van der Waals surface area contributed by atoms with E-state index >= 15 is 0 Å². The second-order valence-corrected chi connectivity index (χ2v) is 6.48. The van der Waals surface area contributed by atoms with E-state index < -0.39 is 0 Å². The first-order valence-corrected chi connectivity index (χ1v) is 8.75. The number of halogens is 1. The fourth-order valence-corrected chi connectivity index (χ4v) is 3.16. The van der Waals surface area contributed by atoms with E-state index in [0.29, 0.717) is 35.2 Å². The number of carbonyl (C=O) groups excluding carboxylic acids is 1. The lowest BCUT2D eigenvalue weighted by molar-refractivity contribution is 0.0729. The van der Waals surface area contributed by atoms with Crippen molar-refractivity contribution >= 4 is 17.5 Å². The Kier molecular flexibility index (Phi) is 4.89. The molecule has 0 aliphatic carbocycles. The molecule has 0 bridgehead atoms. The predicted molar refractivity (Wildman–Crippen MR) is 99.6 cm³/mol. The molecule has 0 atom stereocenters. The molecule has 0 saturated carbocycles. The van der Waals surface area contributed by atoms with Crippen molar-refractivity contribution in [1.29, 1.82) is 0 Å². The fourth-order valence-electron chi connectivity index (χ4n) is 2.89. The lowest BCUT2D eigenvalue weighted by Gasteiger charge is -2.23. The molecule has 0 spiro atoms. The Morgan fingerprint density at radius 3 is 2.63 bits per heavy atom. The van der Waals surface area contributed by atoms with Crippen molar-refractivity contribution in [3.05, 3.63) is 82.9 Å². The number of ether oxygens (including phenoxy) is 2. The zero-order valence-corrected chi connectivity index (χ0v) is 15.1. The van der Waals surface area contributed by atoms with Crippen LogP contribution in [0.1, 0.15) is 21.5 Å². The number of amides is 1. The van der Waals surface area contributed by atoms with Crippen LogP contribution in [0, 0.1) is 0 Å². The van der Waals surface area contributed by atoms with Crippen LogP contribution in [0.3, 0.4) is 0 Å². The molecule has 3 heterocycles. The van der Waals surface area contributed by atoms with Gasteiger partial charge in [-0.15, -0.1) is 0 Å². The molecule has 0 N–H and O–H groups in total. The molecule has 1 amide bonds. The van der Waals surface area contributed by atoms with Crippen molar-refractivity contribution in [2.75, 3.05) is 6.79 Å². The van der Waals surface area contributed by atoms with Gasteiger partial charge in [-0.1, -0.05) is 17.7 Å². The third-order valence-electron chi connectivity index (χ3n) is 4.18. The standard InChI is InChI=1S/C20H16ClN3O3/c21-17-8-16(9-18-19(17)27-13-26-18)20(25)24(11-14-3-6-22-7-4-14)12-15-2-1-5-23-10-15/h1-10H,11-13H2. The van der Waals surface area contributed by atoms with Gasteiger partial charge in [0.2, 0.25) is 6.79 Å². The normalized spacial score (nSPS) is 12.0. The molecule has 0 unspecified atom stereocenters. The van der Waals surface area contributed by atoms with Crippen molar-refractivity contribution in [3.8, 4) is 11.5 Å². The van der Waals surface area contributed by atoms with Crippen LogP contribution in [0.25, 0.3) is 0 Å². The second kappa shape index (κ2) is 7.63. The Bertz CT molecular complexity index is 910. The van der Waals surface area contributed by atoms with E-state index in [4.69, 9.17) is 21.1 Å². The highest BCUT2D eigenvalue weighted by atomic mass is 35.5. The van der Waals surface area contributed by atoms with Crippen LogP contribution in [0.5, 0.6) is 11.5 Å². The number of benzene rings is 1. The van der Waals surface area contributed by atoms with Gasteiger partial charge in [0, 0.05) is 43.4 Å². The minimum atomic E-state index is -0.157. The Labute approximate surface area is 161 Å². The fraction of sp³-hybridized carbons (Fsp3) is 0.150. The van der Waals surface area contributed by atoms with E-state index in [1.54, 1.807) is 41.8 Å². The molecular weight excluding hydrogens is 366 g/mol. The number of hydrogen-bond donors (Lipinski definition) is 0. The molecule has 1 aliphatic rings. The van der Waals surface area contributed by atoms with Gasteiger partial charge in [-0.05, 0) is 41.5 Å². The molecule has 7 heteroatoms. The molecule has 6 nitrogen and oxygen atoms in total. The van der Waals surface area contributed by atoms with E-state index in [2.05, 4.69) is 9.97 Å². The predicted octanol–water partition coefficient (Wildman–Crippen LogP) is 3.70. The molecule has 4 rings (SSSR count). The number of aromatic nitrogens is 2. The third-order valence-corrected chi connectivity index (χ3v) is 4.46. The average Bonchev–Trinajstić information content (AvgIpc) is 3.18. The summed E-state index contributed by atoms with van der Waals surface area (Å²) in [7, 11) is 0. The lowest BCUT2D eigenvalue weighted by atomic mass is 10.1. The molecular formula is C20H16ClN3O3. The largest absolute Gasteiger partial charge is 0.454 e. The first kappa shape index (κ1) is 17.3. The van der Waals surface area contributed by atoms with Gasteiger partial charge in [0.25, 0.3) is 5.91 Å². The maximum atomic E-state index is 13.2. The number of pyridine rings is 2. The number of fused-ring (bicyclic) bond motifs is 1. The van der Waals surface area contributed by atoms with Gasteiger partial charge in [-0.3, -0.25) is 14.8 Å². The van der Waals surface area contributed by atoms with Crippen molar-refractivity contribution in [2.45, 2.75) is 13.1 Å². The van der Waals surface area contributed by atoms with Crippen LogP contribution >= 0.6 is 11.6 Å². The van der Waals surface area contributed by atoms with Crippen molar-refractivity contribution in [3.63, 3.8) is 0 Å². The monoisotopic (exact) mass is 381 g/mol. The molecule has 27 heavy (non-hydrogen) atoms. The van der Waals surface area contributed by atoms with Gasteiger partial charge in [-0.25, -0.2) is 0 Å². The van der Waals surface area contributed by atoms with E-state index in [1.165, 1.54) is 0 Å². The summed E-state index contributed by atoms with van der Waals surface area (Å²) < 4.78 is 10.7. The number of hydrogen-bond acceptors (Lipinski definition) is 5. The zero-order valence-electron chi connectivity index (χ0n) is 14.3. The minimum Gasteiger partial charge on any atom is -0.454 e. The average molecular weight is 382 g/mol. The van der Waals surface area contributed by atoms with Crippen molar-refractivity contribution in [2.24, 2.45) is 0 Å². The molecule has 0 radical (unpaired) electrons. The summed E-state index contributed by atoms with van der Waals surface area (Å²) in [5, 5.41) is 0.360. The zero-order chi connectivity index (χ0) is 18.6. The summed E-state index contributed by atoms with van der Waals surface area (Å²) in [6.45, 7) is 0.951. The van der Waals surface area contributed by atoms with E-state index in [9.17, 15) is 4.79 Å². The summed E-state index contributed by atoms with van der Waals surface area (Å²) in [6.07, 6.45) is 6.87. The topological polar surface area (TPSA) is 64.6 Å². The summed E-state index contributed by atoms with van der Waals surface area (Å²) >= 11 is 6.25. The molecule has 2 aromatic heterocycles. The highest BCUT2D eigenvalue weighted by Gasteiger charge is 2.23. The van der Waals surface area contributed by atoms with Gasteiger partial charge in [0.05, 0.1) is 5.02 Å². The molecule has 3 aromatic rings. The van der Waals surface area contributed by atoms with E-state index in [-0.39, 0.29) is 12.7 Å². The molecule has 0 fully saturated rings. The van der Waals surface area contributed by atoms with Crippen LogP contribution in [0.15, 0.2) is 61.2 Å². The SMILES string of the molecule is O=C(c1cc(Cl)c2c(c1)OCO2)N(Cc1ccncc1)Cc1cccnc1. The molecule has 136 valence electrons. The maximum Gasteiger partial charge on any atom is 0.254 e. The van der Waals surface area contributed by atoms with Gasteiger partial charge in [0.15, 0.2) is 11.5 Å². The smallest absolute Gasteiger partial charge is 0.254 e. The highest BCUT2D eigenvalue weighted by molar-refractivity contribution is 6.32. The first-order valence-electron chi connectivity index (χ1n) is 8.37. The Morgan fingerprint density at radius 2 is 1.85 bits per heavy atom. The number of rotatable bonds is 5. The molecule has 1 aliphatic heterocycles. The maximum absolute atomic E-state index is 13.2. The first-order chi connectivity index (χ1) is 13.2. The van der Waals surface area contributed by atoms with Crippen LogP contribution in [0.4, 0.5) is 0 Å². The van der Waals surface area contributed by atoms with Crippen LogP contribution < -0.4 is 9.47 Å². The van der Waals surface area contributed by atoms with Crippen molar-refractivity contribution < 1.29 is 14.3 Å². The van der Waals surface area contributed by atoms with Crippen LogP contribution in [-0.2, 0) is 13.1 Å². The highest BCUT2D eigenvalue weighted by Crippen LogP contribution is 2.40. The van der Waals surface area contributed by atoms with Gasteiger partial charge in [0.1, 0.15) is 0 Å². The second-order valence-electron chi connectivity index (χ2n) is 6.07. The number of carbonyl (C=O) groups is 1. The van der Waals surface area contributed by atoms with E-state index in [1.807, 2.05) is 24.3 Å². The van der Waals surface area contributed by atoms with E-state index in [0.717, 1.165) is 11.1 Å². The summed E-state index contributed by atoms with van der Waals surface area (Å²) in [5.41, 5.74) is 2.36. The molecule has 1 aromatic carbocycles. The van der Waals surface area contributed by atoms with Crippen molar-refractivity contribution in [1.82, 2.24) is 14.9 Å². The van der Waals surface area contributed by atoms with Crippen LogP contribution in [0.2, 0.25) is 5.02 Å². The van der Waals surface area contributed by atoms with Crippen LogP contribution in [-0.4, -0.2) is 27.6 Å². The number of nitrogens with zero attached hydrogens (tertiary/aromatic N) is 3. The van der Waals surface area contributed by atoms with Gasteiger partial charge in [-0.2, -0.15) is 0 Å². The van der Waals surface area contributed by atoms with Gasteiger partial charge < -0.3 is 14.4 Å². The Hall–Kier alpha value is -3.12. The lowest BCUT2D eigenvalue weighted by Crippen LogP contribution is -2.30. The minimum absolute atomic E-state index is 0.100. The van der Waals surface area contributed by atoms with Gasteiger partial charge >= 0.3 is 0 Å². The molecule has 0 saturated heterocycles. The summed E-state index contributed by atoms with van der Waals surface area (Å²) in [5.74, 6) is 0.799. The summed E-state index contributed by atoms with van der Waals surface area (Å²) in [6, 6.07) is 10.8. The Balaban J connectivity index is 1.65. The Morgan fingerprint density at radius 1 is 1.04 bits per heavy atom.